The minimum Gasteiger partial charge on any atom is -0.324 e. The molecule has 20 heavy (non-hydrogen) atoms. The molecule has 2 unspecified atom stereocenters. The Bertz CT molecular complexity index is 460. The first-order valence-corrected chi connectivity index (χ1v) is 7.64. The first-order valence-electron chi connectivity index (χ1n) is 7.26. The molecule has 3 nitrogen and oxygen atoms in total. The van der Waals surface area contributed by atoms with Crippen molar-refractivity contribution >= 4 is 17.6 Å². The van der Waals surface area contributed by atoms with E-state index >= 15 is 0 Å². The van der Waals surface area contributed by atoms with Crippen molar-refractivity contribution in [3.05, 3.63) is 34.9 Å². The molecule has 4 heteroatoms. The molecule has 2 rings (SSSR count). The number of likely N-dealkylation sites (tertiary alicyclic amines) is 1. The molecule has 1 aliphatic heterocycles. The van der Waals surface area contributed by atoms with Crippen molar-refractivity contribution in [1.82, 2.24) is 9.80 Å². The van der Waals surface area contributed by atoms with Gasteiger partial charge in [-0.3, -0.25) is 0 Å². The molecule has 1 saturated heterocycles. The summed E-state index contributed by atoms with van der Waals surface area (Å²) in [6, 6.07) is 7.88. The Morgan fingerprint density at radius 2 is 2.05 bits per heavy atom. The number of hydrogen-bond acceptors (Lipinski definition) is 1. The minimum absolute atomic E-state index is 0.0528. The number of amides is 2. The van der Waals surface area contributed by atoms with Gasteiger partial charge in [0.25, 0.3) is 0 Å². The predicted molar refractivity (Wildman–Crippen MR) is 83.0 cm³/mol. The zero-order chi connectivity index (χ0) is 14.7. The van der Waals surface area contributed by atoms with Gasteiger partial charge in [-0.1, -0.05) is 30.7 Å². The van der Waals surface area contributed by atoms with E-state index in [4.69, 9.17) is 11.6 Å². The molecule has 2 amide bonds. The summed E-state index contributed by atoms with van der Waals surface area (Å²) in [5.41, 5.74) is 1.11. The third-order valence-electron chi connectivity index (χ3n) is 4.16. The van der Waals surface area contributed by atoms with Crippen LogP contribution in [0.1, 0.15) is 38.3 Å². The van der Waals surface area contributed by atoms with Crippen LogP contribution >= 0.6 is 11.6 Å². The summed E-state index contributed by atoms with van der Waals surface area (Å²) in [5.74, 6) is 0.604. The molecule has 1 fully saturated rings. The van der Waals surface area contributed by atoms with Crippen molar-refractivity contribution in [2.24, 2.45) is 5.92 Å². The van der Waals surface area contributed by atoms with Crippen LogP contribution in [0.4, 0.5) is 4.79 Å². The van der Waals surface area contributed by atoms with Crippen LogP contribution in [-0.2, 0) is 0 Å². The highest BCUT2D eigenvalue weighted by Crippen LogP contribution is 2.23. The monoisotopic (exact) mass is 294 g/mol. The fraction of sp³-hybridized carbons (Fsp3) is 0.562. The molecule has 1 aliphatic rings. The van der Waals surface area contributed by atoms with Crippen LogP contribution in [0.3, 0.4) is 0 Å². The Labute approximate surface area is 126 Å². The van der Waals surface area contributed by atoms with Gasteiger partial charge in [0.1, 0.15) is 0 Å². The number of nitrogens with zero attached hydrogens (tertiary/aromatic N) is 2. The molecule has 0 radical (unpaired) electrons. The number of piperidine rings is 1. The zero-order valence-electron chi connectivity index (χ0n) is 12.5. The third kappa shape index (κ3) is 3.45. The Kier molecular flexibility index (Phi) is 4.92. The summed E-state index contributed by atoms with van der Waals surface area (Å²) in [5, 5.41) is 0.722. The number of halogens is 1. The normalized spacial score (nSPS) is 20.6. The van der Waals surface area contributed by atoms with Gasteiger partial charge in [0, 0.05) is 25.2 Å². The maximum absolute atomic E-state index is 12.6. The van der Waals surface area contributed by atoms with E-state index < -0.39 is 0 Å². The van der Waals surface area contributed by atoms with E-state index in [1.165, 1.54) is 6.42 Å². The fourth-order valence-electron chi connectivity index (χ4n) is 2.72. The van der Waals surface area contributed by atoms with Crippen molar-refractivity contribution in [3.63, 3.8) is 0 Å². The van der Waals surface area contributed by atoms with E-state index in [1.807, 2.05) is 41.1 Å². The van der Waals surface area contributed by atoms with Crippen molar-refractivity contribution in [1.29, 1.82) is 0 Å². The second-order valence-corrected chi connectivity index (χ2v) is 6.25. The van der Waals surface area contributed by atoms with E-state index in [0.717, 1.165) is 30.1 Å². The number of carbonyl (C=O) groups excluding carboxylic acids is 1. The highest BCUT2D eigenvalue weighted by Gasteiger charge is 2.26. The molecule has 110 valence electrons. The summed E-state index contributed by atoms with van der Waals surface area (Å²) in [6.07, 6.45) is 2.33. The first kappa shape index (κ1) is 15.2. The summed E-state index contributed by atoms with van der Waals surface area (Å²) >= 11 is 5.91. The van der Waals surface area contributed by atoms with Gasteiger partial charge in [-0.15, -0.1) is 0 Å². The summed E-state index contributed by atoms with van der Waals surface area (Å²) in [7, 11) is 1.88. The van der Waals surface area contributed by atoms with Crippen molar-refractivity contribution < 1.29 is 4.79 Å². The van der Waals surface area contributed by atoms with Crippen LogP contribution in [0, 0.1) is 5.92 Å². The fourth-order valence-corrected chi connectivity index (χ4v) is 2.84. The molecule has 0 spiro atoms. The van der Waals surface area contributed by atoms with Gasteiger partial charge in [0.15, 0.2) is 0 Å². The molecule has 0 bridgehead atoms. The van der Waals surface area contributed by atoms with Crippen LogP contribution in [-0.4, -0.2) is 36.0 Å². The third-order valence-corrected chi connectivity index (χ3v) is 4.41. The summed E-state index contributed by atoms with van der Waals surface area (Å²) in [4.78, 5) is 16.3. The van der Waals surface area contributed by atoms with Crippen LogP contribution in [0.15, 0.2) is 24.3 Å². The molecule has 0 saturated carbocycles. The minimum atomic E-state index is 0.0528. The van der Waals surface area contributed by atoms with Gasteiger partial charge in [-0.2, -0.15) is 0 Å². The maximum Gasteiger partial charge on any atom is 0.320 e. The molecular weight excluding hydrogens is 272 g/mol. The molecule has 1 heterocycles. The highest BCUT2D eigenvalue weighted by molar-refractivity contribution is 6.30. The van der Waals surface area contributed by atoms with E-state index in [1.54, 1.807) is 0 Å². The van der Waals surface area contributed by atoms with Crippen LogP contribution < -0.4 is 0 Å². The Balaban J connectivity index is 2.03. The average molecular weight is 295 g/mol. The summed E-state index contributed by atoms with van der Waals surface area (Å²) in [6.45, 7) is 6.01. The Morgan fingerprint density at radius 3 is 2.65 bits per heavy atom. The molecule has 0 N–H and O–H groups in total. The quantitative estimate of drug-likeness (QED) is 0.802. The van der Waals surface area contributed by atoms with Gasteiger partial charge in [0.05, 0.1) is 6.04 Å². The second kappa shape index (κ2) is 6.49. The van der Waals surface area contributed by atoms with Crippen LogP contribution in [0.2, 0.25) is 5.02 Å². The zero-order valence-corrected chi connectivity index (χ0v) is 13.2. The van der Waals surface area contributed by atoms with Gasteiger partial charge in [-0.05, 0) is 43.4 Å². The first-order chi connectivity index (χ1) is 9.49. The van der Waals surface area contributed by atoms with Crippen LogP contribution in [0.25, 0.3) is 0 Å². The molecule has 2 atom stereocenters. The van der Waals surface area contributed by atoms with Crippen molar-refractivity contribution in [3.8, 4) is 0 Å². The van der Waals surface area contributed by atoms with E-state index in [2.05, 4.69) is 13.8 Å². The number of hydrogen-bond donors (Lipinski definition) is 0. The van der Waals surface area contributed by atoms with Gasteiger partial charge in [0.2, 0.25) is 0 Å². The molecule has 0 aromatic heterocycles. The van der Waals surface area contributed by atoms with Gasteiger partial charge < -0.3 is 9.80 Å². The second-order valence-electron chi connectivity index (χ2n) is 5.81. The lowest BCUT2D eigenvalue weighted by molar-refractivity contribution is 0.128. The van der Waals surface area contributed by atoms with Crippen LogP contribution in [0.5, 0.6) is 0 Å². The number of urea groups is 1. The Hall–Kier alpha value is -1.22. The number of carbonyl (C=O) groups is 1. The molecule has 0 aliphatic carbocycles. The SMILES string of the molecule is CC1CCCN(C(=O)N(C)C(C)c2ccc(Cl)cc2)C1. The van der Waals surface area contributed by atoms with E-state index in [0.29, 0.717) is 5.92 Å². The molecule has 1 aromatic rings. The molecular formula is C16H23ClN2O. The maximum atomic E-state index is 12.6. The molecule has 1 aromatic carbocycles. The predicted octanol–water partition coefficient (Wildman–Crippen LogP) is 4.18. The lowest BCUT2D eigenvalue weighted by Crippen LogP contribution is -2.46. The highest BCUT2D eigenvalue weighted by atomic mass is 35.5. The average Bonchev–Trinajstić information content (AvgIpc) is 2.46. The number of rotatable bonds is 2. The van der Waals surface area contributed by atoms with Crippen molar-refractivity contribution in [2.75, 3.05) is 20.1 Å². The largest absolute Gasteiger partial charge is 0.324 e. The topological polar surface area (TPSA) is 23.6 Å². The standard InChI is InChI=1S/C16H23ClN2O/c1-12-5-4-10-19(11-12)16(20)18(3)13(2)14-6-8-15(17)9-7-14/h6-9,12-13H,4-5,10-11H2,1-3H3. The van der Waals surface area contributed by atoms with E-state index in [-0.39, 0.29) is 12.1 Å². The van der Waals surface area contributed by atoms with Crippen molar-refractivity contribution in [2.45, 2.75) is 32.7 Å². The number of benzene rings is 1. The smallest absolute Gasteiger partial charge is 0.320 e. The Morgan fingerprint density at radius 1 is 1.40 bits per heavy atom. The van der Waals surface area contributed by atoms with Gasteiger partial charge >= 0.3 is 6.03 Å². The lowest BCUT2D eigenvalue weighted by atomic mass is 10.0. The van der Waals surface area contributed by atoms with E-state index in [9.17, 15) is 4.79 Å². The van der Waals surface area contributed by atoms with Gasteiger partial charge in [-0.25, -0.2) is 4.79 Å². The lowest BCUT2D eigenvalue weighted by Gasteiger charge is -2.36. The summed E-state index contributed by atoms with van der Waals surface area (Å²) < 4.78 is 0.